The normalized spacial score (nSPS) is 16.1. The van der Waals surface area contributed by atoms with Gasteiger partial charge in [0.05, 0.1) is 5.69 Å². The van der Waals surface area contributed by atoms with Crippen LogP contribution in [0.2, 0.25) is 0 Å². The molecule has 4 rings (SSSR count). The molecule has 0 aliphatic heterocycles. The second kappa shape index (κ2) is 7.32. The molecule has 1 heterocycles. The number of pyridine rings is 1. The zero-order chi connectivity index (χ0) is 22.2. The zero-order valence-electron chi connectivity index (χ0n) is 19.0. The molecule has 0 fully saturated rings. The van der Waals surface area contributed by atoms with Gasteiger partial charge in [0.25, 0.3) is 0 Å². The van der Waals surface area contributed by atoms with Crippen molar-refractivity contribution in [2.24, 2.45) is 0 Å². The Kier molecular flexibility index (Phi) is 3.58. The van der Waals surface area contributed by atoms with E-state index in [4.69, 9.17) is 4.11 Å². The van der Waals surface area contributed by atoms with E-state index in [-0.39, 0.29) is 16.8 Å². The first-order chi connectivity index (χ1) is 14.8. The van der Waals surface area contributed by atoms with Crippen molar-refractivity contribution in [3.63, 3.8) is 0 Å². The molecule has 27 heavy (non-hydrogen) atoms. The van der Waals surface area contributed by atoms with Gasteiger partial charge in [-0.2, -0.15) is 0 Å². The van der Waals surface area contributed by atoms with Gasteiger partial charge in [0.2, 0.25) is 0 Å². The largest absolute Gasteiger partial charge is 0.256 e. The lowest BCUT2D eigenvalue weighted by atomic mass is 9.86. The van der Waals surface area contributed by atoms with Crippen LogP contribution in [0.3, 0.4) is 0 Å². The molecule has 0 aliphatic rings. The van der Waals surface area contributed by atoms with Crippen LogP contribution in [-0.2, 0) is 0 Å². The van der Waals surface area contributed by atoms with Crippen LogP contribution < -0.4 is 0 Å². The summed E-state index contributed by atoms with van der Waals surface area (Å²) in [6.45, 7) is -0.609. The summed E-state index contributed by atoms with van der Waals surface area (Å²) in [6, 6.07) is 21.1. The zero-order valence-corrected chi connectivity index (χ0v) is 15.0. The van der Waals surface area contributed by atoms with Crippen LogP contribution in [-0.4, -0.2) is 4.98 Å². The lowest BCUT2D eigenvalue weighted by Crippen LogP contribution is -2.03. The predicted molar refractivity (Wildman–Crippen MR) is 110 cm³/mol. The molecule has 1 aromatic heterocycles. The average molecular weight is 359 g/mol. The standard InChI is InChI=1S/C25H22FN/c1-3-20(22-13-8-10-18-9-4-5-11-21(18)22)19-15-17(2)25(27-16-19)23-12-6-7-14-24(23)26/h4-16,20H,3H2,1-2H3/i2D3,20D. The van der Waals surface area contributed by atoms with E-state index in [0.717, 1.165) is 16.3 Å². The SMILES string of the molecule is [2H]C([2H])([2H])c1cc(C([2H])(CC)c2cccc3ccccc23)cnc1-c1ccccc1F. The maximum absolute atomic E-state index is 14.4. The van der Waals surface area contributed by atoms with Crippen molar-refractivity contribution in [1.82, 2.24) is 4.98 Å². The van der Waals surface area contributed by atoms with Crippen LogP contribution in [0.5, 0.6) is 0 Å². The fraction of sp³-hybridized carbons (Fsp3) is 0.160. The third-order valence-electron chi connectivity index (χ3n) is 4.83. The number of hydrogen-bond acceptors (Lipinski definition) is 1. The van der Waals surface area contributed by atoms with Crippen molar-refractivity contribution in [2.75, 3.05) is 0 Å². The molecule has 1 atom stereocenters. The highest BCUT2D eigenvalue weighted by Crippen LogP contribution is 2.34. The number of rotatable bonds is 4. The van der Waals surface area contributed by atoms with Crippen molar-refractivity contribution in [1.29, 1.82) is 0 Å². The van der Waals surface area contributed by atoms with Crippen LogP contribution in [0.25, 0.3) is 22.0 Å². The Hall–Kier alpha value is -3.00. The van der Waals surface area contributed by atoms with Crippen LogP contribution in [0.4, 0.5) is 4.39 Å². The van der Waals surface area contributed by atoms with Crippen molar-refractivity contribution < 1.29 is 9.87 Å². The van der Waals surface area contributed by atoms with Gasteiger partial charge >= 0.3 is 0 Å². The van der Waals surface area contributed by atoms with Crippen molar-refractivity contribution in [3.05, 3.63) is 102 Å². The molecule has 0 amide bonds. The Morgan fingerprint density at radius 1 is 1.04 bits per heavy atom. The molecule has 0 saturated carbocycles. The number of fused-ring (bicyclic) bond motifs is 1. The first-order valence-electron chi connectivity index (χ1n) is 11.0. The van der Waals surface area contributed by atoms with Gasteiger partial charge in [0.15, 0.2) is 0 Å². The fourth-order valence-electron chi connectivity index (χ4n) is 3.54. The number of aryl methyl sites for hydroxylation is 1. The molecule has 0 spiro atoms. The number of benzene rings is 3. The van der Waals surface area contributed by atoms with Crippen LogP contribution in [0.1, 0.15) is 41.4 Å². The maximum Gasteiger partial charge on any atom is 0.132 e. The van der Waals surface area contributed by atoms with Gasteiger partial charge in [0, 0.05) is 23.1 Å². The molecule has 2 heteroatoms. The molecule has 0 aliphatic carbocycles. The van der Waals surface area contributed by atoms with Crippen molar-refractivity contribution in [2.45, 2.75) is 26.1 Å². The minimum Gasteiger partial charge on any atom is -0.256 e. The Balaban J connectivity index is 1.96. The molecule has 0 radical (unpaired) electrons. The number of hydrogen-bond donors (Lipinski definition) is 0. The topological polar surface area (TPSA) is 12.9 Å². The van der Waals surface area contributed by atoms with Gasteiger partial charge in [-0.3, -0.25) is 4.98 Å². The van der Waals surface area contributed by atoms with E-state index in [2.05, 4.69) is 4.98 Å². The fourth-order valence-corrected chi connectivity index (χ4v) is 3.54. The summed E-state index contributed by atoms with van der Waals surface area (Å²) >= 11 is 0. The van der Waals surface area contributed by atoms with Crippen LogP contribution in [0, 0.1) is 12.7 Å². The van der Waals surface area contributed by atoms with E-state index in [1.807, 2.05) is 49.4 Å². The number of aromatic nitrogens is 1. The molecule has 3 aromatic carbocycles. The van der Waals surface area contributed by atoms with Gasteiger partial charge in [-0.1, -0.05) is 67.6 Å². The summed E-state index contributed by atoms with van der Waals surface area (Å²) in [5, 5.41) is 1.95. The van der Waals surface area contributed by atoms with E-state index in [1.54, 1.807) is 12.1 Å². The molecule has 1 nitrogen and oxygen atoms in total. The van der Waals surface area contributed by atoms with Crippen molar-refractivity contribution >= 4 is 10.8 Å². The molecule has 1 unspecified atom stereocenters. The highest BCUT2D eigenvalue weighted by Gasteiger charge is 2.17. The monoisotopic (exact) mass is 359 g/mol. The smallest absolute Gasteiger partial charge is 0.132 e. The summed E-state index contributed by atoms with van der Waals surface area (Å²) in [6.07, 6.45) is 1.93. The summed E-state index contributed by atoms with van der Waals surface area (Å²) in [5.74, 6) is -1.74. The van der Waals surface area contributed by atoms with Gasteiger partial charge < -0.3 is 0 Å². The highest BCUT2D eigenvalue weighted by molar-refractivity contribution is 5.86. The second-order valence-corrected chi connectivity index (χ2v) is 6.46. The summed E-state index contributed by atoms with van der Waals surface area (Å²) < 4.78 is 47.9. The van der Waals surface area contributed by atoms with Crippen molar-refractivity contribution in [3.8, 4) is 11.3 Å². The predicted octanol–water partition coefficient (Wildman–Crippen LogP) is 6.89. The summed E-state index contributed by atoms with van der Waals surface area (Å²) in [7, 11) is 0. The Labute approximate surface area is 165 Å². The number of nitrogens with zero attached hydrogens (tertiary/aromatic N) is 1. The minimum absolute atomic E-state index is 0.0552. The number of halogens is 1. The van der Waals surface area contributed by atoms with Gasteiger partial charge in [-0.05, 0) is 52.9 Å². The lowest BCUT2D eigenvalue weighted by molar-refractivity contribution is 0.630. The summed E-state index contributed by atoms with van der Waals surface area (Å²) in [5.41, 5.74) is 1.42. The van der Waals surface area contributed by atoms with Gasteiger partial charge in [-0.15, -0.1) is 0 Å². The van der Waals surface area contributed by atoms with Gasteiger partial charge in [0.1, 0.15) is 5.82 Å². The maximum atomic E-state index is 14.4. The quantitative estimate of drug-likeness (QED) is 0.386. The molecular formula is C25H22FN. The highest BCUT2D eigenvalue weighted by atomic mass is 19.1. The van der Waals surface area contributed by atoms with E-state index in [0.29, 0.717) is 12.0 Å². The average Bonchev–Trinajstić information content (AvgIpc) is 2.77. The first kappa shape index (κ1) is 13.2. The Morgan fingerprint density at radius 2 is 1.81 bits per heavy atom. The molecule has 0 N–H and O–H groups in total. The molecular weight excluding hydrogens is 333 g/mol. The Morgan fingerprint density at radius 3 is 2.63 bits per heavy atom. The van der Waals surface area contributed by atoms with E-state index in [9.17, 15) is 5.76 Å². The third-order valence-corrected chi connectivity index (χ3v) is 4.83. The van der Waals surface area contributed by atoms with Crippen LogP contribution >= 0.6 is 0 Å². The lowest BCUT2D eigenvalue weighted by Gasteiger charge is -2.19. The Bertz CT molecular complexity index is 1250. The third kappa shape index (κ3) is 3.23. The van der Waals surface area contributed by atoms with Gasteiger partial charge in [-0.25, -0.2) is 4.39 Å². The molecule has 0 bridgehead atoms. The summed E-state index contributed by atoms with van der Waals surface area (Å²) in [4.78, 5) is 4.38. The first-order valence-corrected chi connectivity index (χ1v) is 9.00. The van der Waals surface area contributed by atoms with E-state index < -0.39 is 18.6 Å². The second-order valence-electron chi connectivity index (χ2n) is 6.46. The molecule has 4 aromatic rings. The molecule has 0 saturated heterocycles. The minimum atomic E-state index is -2.51. The van der Waals surface area contributed by atoms with E-state index >= 15 is 0 Å². The van der Waals surface area contributed by atoms with Crippen LogP contribution in [0.15, 0.2) is 79.0 Å². The van der Waals surface area contributed by atoms with E-state index in [1.165, 1.54) is 24.4 Å². The molecule has 134 valence electrons.